The third-order valence-corrected chi connectivity index (χ3v) is 6.91. The van der Waals surface area contributed by atoms with Crippen molar-refractivity contribution in [3.63, 3.8) is 0 Å². The summed E-state index contributed by atoms with van der Waals surface area (Å²) in [5.41, 5.74) is 10.4. The highest BCUT2D eigenvalue weighted by molar-refractivity contribution is 7.99. The lowest BCUT2D eigenvalue weighted by Gasteiger charge is -2.21. The molecule has 0 saturated carbocycles. The van der Waals surface area contributed by atoms with Crippen LogP contribution in [-0.4, -0.2) is 16.2 Å². The van der Waals surface area contributed by atoms with Crippen molar-refractivity contribution in [3.05, 3.63) is 101 Å². The molecule has 0 unspecified atom stereocenters. The minimum atomic E-state index is -0.234. The number of rotatable bonds is 4. The molecular formula is C27H24N4OS. The molecule has 3 aromatic carbocycles. The number of aryl methyl sites for hydroxylation is 2. The maximum absolute atomic E-state index is 12.6. The molecule has 0 atom stereocenters. The van der Waals surface area contributed by atoms with Crippen LogP contribution in [0.25, 0.3) is 5.69 Å². The van der Waals surface area contributed by atoms with E-state index in [1.807, 2.05) is 49.4 Å². The normalized spacial score (nSPS) is 12.5. The number of hydrazone groups is 1. The Labute approximate surface area is 197 Å². The molecule has 5 nitrogen and oxygen atoms in total. The van der Waals surface area contributed by atoms with Crippen molar-refractivity contribution >= 4 is 34.8 Å². The van der Waals surface area contributed by atoms with Crippen LogP contribution in [0.5, 0.6) is 0 Å². The van der Waals surface area contributed by atoms with Crippen LogP contribution in [0.1, 0.15) is 34.2 Å². The number of aromatic nitrogens is 1. The zero-order chi connectivity index (χ0) is 22.9. The minimum Gasteiger partial charge on any atom is -0.354 e. The fourth-order valence-electron chi connectivity index (χ4n) is 3.97. The van der Waals surface area contributed by atoms with E-state index in [1.165, 1.54) is 9.79 Å². The van der Waals surface area contributed by atoms with E-state index in [-0.39, 0.29) is 5.91 Å². The predicted molar refractivity (Wildman–Crippen MR) is 135 cm³/mol. The largest absolute Gasteiger partial charge is 0.354 e. The molecule has 1 aliphatic rings. The third-order valence-electron chi connectivity index (χ3n) is 5.76. The molecule has 0 saturated heterocycles. The monoisotopic (exact) mass is 452 g/mol. The lowest BCUT2D eigenvalue weighted by Crippen LogP contribution is -2.19. The number of fused-ring (bicyclic) bond motifs is 2. The molecular weight excluding hydrogens is 428 g/mol. The molecule has 4 aromatic rings. The van der Waals surface area contributed by atoms with Crippen molar-refractivity contribution in [2.24, 2.45) is 5.10 Å². The fourth-order valence-corrected chi connectivity index (χ4v) is 4.93. The van der Waals surface area contributed by atoms with Gasteiger partial charge in [0, 0.05) is 32.4 Å². The van der Waals surface area contributed by atoms with Crippen molar-refractivity contribution < 1.29 is 4.79 Å². The van der Waals surface area contributed by atoms with Gasteiger partial charge in [0.05, 0.1) is 17.1 Å². The van der Waals surface area contributed by atoms with Gasteiger partial charge in [0.1, 0.15) is 0 Å². The van der Waals surface area contributed by atoms with Crippen molar-refractivity contribution in [3.8, 4) is 5.69 Å². The summed E-state index contributed by atoms with van der Waals surface area (Å²) >= 11 is 1.75. The summed E-state index contributed by atoms with van der Waals surface area (Å²) in [5, 5.41) is 7.83. The fraction of sp³-hybridized carbons (Fsp3) is 0.111. The highest BCUT2D eigenvalue weighted by Gasteiger charge is 2.16. The first-order chi connectivity index (χ1) is 16.0. The van der Waals surface area contributed by atoms with Gasteiger partial charge in [-0.15, -0.1) is 0 Å². The minimum absolute atomic E-state index is 0.234. The lowest BCUT2D eigenvalue weighted by molar-refractivity contribution is 0.0955. The molecule has 6 heteroatoms. The highest BCUT2D eigenvalue weighted by atomic mass is 32.2. The van der Waals surface area contributed by atoms with E-state index in [0.717, 1.165) is 39.7 Å². The molecule has 5 rings (SSSR count). The summed E-state index contributed by atoms with van der Waals surface area (Å²) in [6.45, 7) is 6.03. The lowest BCUT2D eigenvalue weighted by atomic mass is 10.1. The number of anilines is 2. The SMILES string of the molecule is CC(=NNC(=O)c1ccc(-n2c(C)ccc2C)cc1)c1ccc2c(c1)Nc1ccccc1S2. The average Bonchev–Trinajstić information content (AvgIpc) is 3.18. The highest BCUT2D eigenvalue weighted by Crippen LogP contribution is 2.44. The Bertz CT molecular complexity index is 1370. The van der Waals surface area contributed by atoms with Gasteiger partial charge in [0.25, 0.3) is 5.91 Å². The molecule has 1 aromatic heterocycles. The molecule has 164 valence electrons. The van der Waals surface area contributed by atoms with Crippen LogP contribution in [-0.2, 0) is 0 Å². The number of hydrogen-bond acceptors (Lipinski definition) is 4. The Morgan fingerprint density at radius 1 is 0.848 bits per heavy atom. The third kappa shape index (κ3) is 4.17. The summed E-state index contributed by atoms with van der Waals surface area (Å²) in [6, 6.07) is 26.2. The van der Waals surface area contributed by atoms with Crippen molar-refractivity contribution in [2.45, 2.75) is 30.6 Å². The number of nitrogens with zero attached hydrogens (tertiary/aromatic N) is 2. The van der Waals surface area contributed by atoms with Crippen LogP contribution in [0, 0.1) is 13.8 Å². The zero-order valence-electron chi connectivity index (χ0n) is 18.7. The van der Waals surface area contributed by atoms with Crippen molar-refractivity contribution in [1.29, 1.82) is 0 Å². The Morgan fingerprint density at radius 3 is 2.27 bits per heavy atom. The van der Waals surface area contributed by atoms with E-state index in [2.05, 4.69) is 70.7 Å². The number of carbonyl (C=O) groups is 1. The Hall–Kier alpha value is -3.77. The smallest absolute Gasteiger partial charge is 0.271 e. The number of hydrogen-bond donors (Lipinski definition) is 2. The average molecular weight is 453 g/mol. The first kappa shape index (κ1) is 21.1. The molecule has 2 heterocycles. The number of para-hydroxylation sites is 1. The first-order valence-corrected chi connectivity index (χ1v) is 11.6. The van der Waals surface area contributed by atoms with Gasteiger partial charge in [-0.1, -0.05) is 30.0 Å². The van der Waals surface area contributed by atoms with E-state index in [4.69, 9.17) is 0 Å². The molecule has 1 amide bonds. The summed E-state index contributed by atoms with van der Waals surface area (Å²) in [6.07, 6.45) is 0. The molecule has 0 fully saturated rings. The van der Waals surface area contributed by atoms with Crippen molar-refractivity contribution in [1.82, 2.24) is 9.99 Å². The topological polar surface area (TPSA) is 58.4 Å². The van der Waals surface area contributed by atoms with Gasteiger partial charge in [0.15, 0.2) is 0 Å². The Balaban J connectivity index is 1.29. The van der Waals surface area contributed by atoms with Gasteiger partial charge in [-0.2, -0.15) is 5.10 Å². The second kappa shape index (κ2) is 8.64. The zero-order valence-corrected chi connectivity index (χ0v) is 19.5. The van der Waals surface area contributed by atoms with Gasteiger partial charge in [-0.3, -0.25) is 4.79 Å². The number of benzene rings is 3. The standard InChI is InChI=1S/C27H24N4OS/c1-17-8-9-18(2)31(17)22-13-10-20(11-14-22)27(32)30-29-19(3)21-12-15-26-24(16-21)28-23-6-4-5-7-25(23)33-26/h4-16,28H,1-3H3,(H,30,32). The number of carbonyl (C=O) groups excluding carboxylic acids is 1. The van der Waals surface area contributed by atoms with Crippen LogP contribution in [0.3, 0.4) is 0 Å². The van der Waals surface area contributed by atoms with Crippen LogP contribution < -0.4 is 10.7 Å². The summed E-state index contributed by atoms with van der Waals surface area (Å²) in [5.74, 6) is -0.234. The molecule has 33 heavy (non-hydrogen) atoms. The first-order valence-electron chi connectivity index (χ1n) is 10.8. The molecule has 0 bridgehead atoms. The summed E-state index contributed by atoms with van der Waals surface area (Å²) < 4.78 is 2.16. The van der Waals surface area contributed by atoms with Crippen LogP contribution in [0.15, 0.2) is 93.8 Å². The quantitative estimate of drug-likeness (QED) is 0.243. The van der Waals surface area contributed by atoms with Crippen LogP contribution in [0.4, 0.5) is 11.4 Å². The van der Waals surface area contributed by atoms with E-state index in [9.17, 15) is 4.79 Å². The maximum atomic E-state index is 12.6. The number of amides is 1. The van der Waals surface area contributed by atoms with Crippen LogP contribution in [0.2, 0.25) is 0 Å². The van der Waals surface area contributed by atoms with Gasteiger partial charge in [0.2, 0.25) is 0 Å². The second-order valence-electron chi connectivity index (χ2n) is 8.07. The number of nitrogens with one attached hydrogen (secondary N) is 2. The van der Waals surface area contributed by atoms with Gasteiger partial charge < -0.3 is 9.88 Å². The molecule has 0 radical (unpaired) electrons. The van der Waals surface area contributed by atoms with E-state index >= 15 is 0 Å². The predicted octanol–water partition coefficient (Wildman–Crippen LogP) is 6.46. The van der Waals surface area contributed by atoms with Crippen LogP contribution >= 0.6 is 11.8 Å². The van der Waals surface area contributed by atoms with E-state index in [1.54, 1.807) is 11.8 Å². The molecule has 2 N–H and O–H groups in total. The Kier molecular flexibility index (Phi) is 5.52. The Morgan fingerprint density at radius 2 is 1.52 bits per heavy atom. The van der Waals surface area contributed by atoms with Gasteiger partial charge >= 0.3 is 0 Å². The van der Waals surface area contributed by atoms with Crippen molar-refractivity contribution in [2.75, 3.05) is 5.32 Å². The van der Waals surface area contributed by atoms with Gasteiger partial charge in [-0.25, -0.2) is 5.43 Å². The summed E-state index contributed by atoms with van der Waals surface area (Å²) in [7, 11) is 0. The second-order valence-corrected chi connectivity index (χ2v) is 9.15. The molecule has 1 aliphatic heterocycles. The van der Waals surface area contributed by atoms with E-state index < -0.39 is 0 Å². The molecule has 0 aliphatic carbocycles. The summed E-state index contributed by atoms with van der Waals surface area (Å²) in [4.78, 5) is 15.0. The molecule has 0 spiro atoms. The van der Waals surface area contributed by atoms with E-state index in [0.29, 0.717) is 5.56 Å². The maximum Gasteiger partial charge on any atom is 0.271 e. The van der Waals surface area contributed by atoms with Gasteiger partial charge in [-0.05, 0) is 87.0 Å².